The summed E-state index contributed by atoms with van der Waals surface area (Å²) in [6.45, 7) is 0.458. The van der Waals surface area contributed by atoms with Crippen LogP contribution in [0.4, 0.5) is 0 Å². The summed E-state index contributed by atoms with van der Waals surface area (Å²) in [5.41, 5.74) is 1.18. The molecule has 0 fully saturated rings. The molecule has 0 radical (unpaired) electrons. The van der Waals surface area contributed by atoms with E-state index in [0.29, 0.717) is 6.54 Å². The molecule has 2 rings (SSSR count). The standard InChI is InChI=1S/C11H10ClN3O2/c1-15(6-8-2-3-17-7-8)11(16)9-4-14-10(12)5-13-9/h2-5,7H,6H2,1H3. The number of aromatic nitrogens is 2. The van der Waals surface area contributed by atoms with Gasteiger partial charge in [0.15, 0.2) is 0 Å². The summed E-state index contributed by atoms with van der Waals surface area (Å²) < 4.78 is 4.93. The zero-order chi connectivity index (χ0) is 12.3. The third kappa shape index (κ3) is 2.82. The van der Waals surface area contributed by atoms with Crippen LogP contribution in [0, 0.1) is 0 Å². The first-order chi connectivity index (χ1) is 8.16. The molecule has 17 heavy (non-hydrogen) atoms. The summed E-state index contributed by atoms with van der Waals surface area (Å²) in [5, 5.41) is 0.263. The average molecular weight is 252 g/mol. The molecule has 0 aromatic carbocycles. The molecule has 5 nitrogen and oxygen atoms in total. The Morgan fingerprint density at radius 3 is 2.88 bits per heavy atom. The van der Waals surface area contributed by atoms with Gasteiger partial charge in [-0.3, -0.25) is 4.79 Å². The van der Waals surface area contributed by atoms with Crippen molar-refractivity contribution < 1.29 is 9.21 Å². The van der Waals surface area contributed by atoms with Gasteiger partial charge in [-0.2, -0.15) is 0 Å². The first-order valence-electron chi connectivity index (χ1n) is 4.91. The molecule has 0 saturated heterocycles. The highest BCUT2D eigenvalue weighted by Gasteiger charge is 2.14. The van der Waals surface area contributed by atoms with E-state index in [4.69, 9.17) is 16.0 Å². The number of hydrogen-bond acceptors (Lipinski definition) is 4. The number of hydrogen-bond donors (Lipinski definition) is 0. The van der Waals surface area contributed by atoms with Crippen LogP contribution in [0.5, 0.6) is 0 Å². The SMILES string of the molecule is CN(Cc1ccoc1)C(=O)c1cnc(Cl)cn1. The number of rotatable bonds is 3. The van der Waals surface area contributed by atoms with Crippen LogP contribution in [-0.4, -0.2) is 27.8 Å². The minimum absolute atomic E-state index is 0.213. The lowest BCUT2D eigenvalue weighted by Gasteiger charge is -2.15. The second-order valence-electron chi connectivity index (χ2n) is 3.52. The lowest BCUT2D eigenvalue weighted by Crippen LogP contribution is -2.26. The molecular weight excluding hydrogens is 242 g/mol. The summed E-state index contributed by atoms with van der Waals surface area (Å²) in [5.74, 6) is -0.213. The second-order valence-corrected chi connectivity index (χ2v) is 3.90. The van der Waals surface area contributed by atoms with E-state index in [1.165, 1.54) is 17.3 Å². The van der Waals surface area contributed by atoms with Gasteiger partial charge >= 0.3 is 0 Å². The van der Waals surface area contributed by atoms with Crippen LogP contribution in [0.25, 0.3) is 0 Å². The third-order valence-corrected chi connectivity index (χ3v) is 2.38. The van der Waals surface area contributed by atoms with E-state index >= 15 is 0 Å². The molecule has 0 spiro atoms. The van der Waals surface area contributed by atoms with Gasteiger partial charge in [0.1, 0.15) is 10.8 Å². The van der Waals surface area contributed by atoms with Crippen molar-refractivity contribution in [3.8, 4) is 0 Å². The highest BCUT2D eigenvalue weighted by atomic mass is 35.5. The molecule has 2 heterocycles. The normalized spacial score (nSPS) is 10.2. The lowest BCUT2D eigenvalue weighted by molar-refractivity contribution is 0.0778. The number of nitrogens with zero attached hydrogens (tertiary/aromatic N) is 3. The molecule has 6 heteroatoms. The molecule has 0 aliphatic carbocycles. The fraction of sp³-hybridized carbons (Fsp3) is 0.182. The summed E-state index contributed by atoms with van der Waals surface area (Å²) in [7, 11) is 1.69. The Morgan fingerprint density at radius 1 is 1.47 bits per heavy atom. The maximum atomic E-state index is 11.9. The first kappa shape index (κ1) is 11.6. The second kappa shape index (κ2) is 4.97. The van der Waals surface area contributed by atoms with Crippen molar-refractivity contribution in [2.45, 2.75) is 6.54 Å². The predicted octanol–water partition coefficient (Wildman–Crippen LogP) is 2.00. The Morgan fingerprint density at radius 2 is 2.29 bits per heavy atom. The number of furan rings is 1. The first-order valence-corrected chi connectivity index (χ1v) is 5.28. The Hall–Kier alpha value is -1.88. The molecule has 0 aliphatic rings. The maximum absolute atomic E-state index is 11.9. The van der Waals surface area contributed by atoms with Crippen molar-refractivity contribution in [1.29, 1.82) is 0 Å². The minimum atomic E-state index is -0.213. The van der Waals surface area contributed by atoms with E-state index in [1.807, 2.05) is 0 Å². The molecule has 0 saturated carbocycles. The molecule has 2 aromatic heterocycles. The van der Waals surface area contributed by atoms with E-state index in [1.54, 1.807) is 25.6 Å². The molecule has 88 valence electrons. The van der Waals surface area contributed by atoms with Gasteiger partial charge in [-0.1, -0.05) is 11.6 Å². The van der Waals surface area contributed by atoms with Crippen LogP contribution in [0.15, 0.2) is 35.4 Å². The third-order valence-electron chi connectivity index (χ3n) is 2.19. The monoisotopic (exact) mass is 251 g/mol. The van der Waals surface area contributed by atoms with Gasteiger partial charge in [0, 0.05) is 19.2 Å². The van der Waals surface area contributed by atoms with Crippen LogP contribution in [0.2, 0.25) is 5.15 Å². The van der Waals surface area contributed by atoms with Gasteiger partial charge in [0.25, 0.3) is 5.91 Å². The van der Waals surface area contributed by atoms with E-state index in [9.17, 15) is 4.79 Å². The predicted molar refractivity (Wildman–Crippen MR) is 61.5 cm³/mol. The minimum Gasteiger partial charge on any atom is -0.472 e. The average Bonchev–Trinajstić information content (AvgIpc) is 2.82. The van der Waals surface area contributed by atoms with Gasteiger partial charge in [-0.15, -0.1) is 0 Å². The Labute approximate surface area is 103 Å². The smallest absolute Gasteiger partial charge is 0.274 e. The fourth-order valence-electron chi connectivity index (χ4n) is 1.35. The number of carbonyl (C=O) groups excluding carboxylic acids is 1. The van der Waals surface area contributed by atoms with Crippen molar-refractivity contribution in [3.05, 3.63) is 47.4 Å². The highest BCUT2D eigenvalue weighted by molar-refractivity contribution is 6.29. The van der Waals surface area contributed by atoms with Crippen molar-refractivity contribution in [1.82, 2.24) is 14.9 Å². The van der Waals surface area contributed by atoms with Crippen LogP contribution < -0.4 is 0 Å². The quantitative estimate of drug-likeness (QED) is 0.837. The van der Waals surface area contributed by atoms with Gasteiger partial charge < -0.3 is 9.32 Å². The number of carbonyl (C=O) groups is 1. The van der Waals surface area contributed by atoms with E-state index < -0.39 is 0 Å². The maximum Gasteiger partial charge on any atom is 0.274 e. The van der Waals surface area contributed by atoms with Crippen molar-refractivity contribution in [2.75, 3.05) is 7.05 Å². The largest absolute Gasteiger partial charge is 0.472 e. The molecule has 0 atom stereocenters. The van der Waals surface area contributed by atoms with Crippen LogP contribution in [-0.2, 0) is 6.54 Å². The Kier molecular flexibility index (Phi) is 3.39. The molecule has 0 bridgehead atoms. The number of halogens is 1. The van der Waals surface area contributed by atoms with Crippen LogP contribution >= 0.6 is 11.6 Å². The summed E-state index contributed by atoms with van der Waals surface area (Å²) in [6, 6.07) is 1.80. The van der Waals surface area contributed by atoms with Crippen molar-refractivity contribution in [3.63, 3.8) is 0 Å². The molecule has 0 aliphatic heterocycles. The molecular formula is C11H10ClN3O2. The molecule has 0 unspecified atom stereocenters. The summed E-state index contributed by atoms with van der Waals surface area (Å²) >= 11 is 5.60. The van der Waals surface area contributed by atoms with Crippen molar-refractivity contribution in [2.24, 2.45) is 0 Å². The topological polar surface area (TPSA) is 59.2 Å². The zero-order valence-corrected chi connectivity index (χ0v) is 9.89. The summed E-state index contributed by atoms with van der Waals surface area (Å²) in [4.78, 5) is 21.2. The molecule has 1 amide bonds. The van der Waals surface area contributed by atoms with Gasteiger partial charge in [0.2, 0.25) is 0 Å². The zero-order valence-electron chi connectivity index (χ0n) is 9.13. The number of amides is 1. The Balaban J connectivity index is 2.07. The fourth-order valence-corrected chi connectivity index (χ4v) is 1.44. The Bertz CT molecular complexity index is 496. The van der Waals surface area contributed by atoms with Gasteiger partial charge in [-0.25, -0.2) is 9.97 Å². The molecule has 0 N–H and O–H groups in total. The van der Waals surface area contributed by atoms with E-state index in [0.717, 1.165) is 5.56 Å². The van der Waals surface area contributed by atoms with E-state index in [2.05, 4.69) is 9.97 Å². The van der Waals surface area contributed by atoms with Crippen LogP contribution in [0.3, 0.4) is 0 Å². The lowest BCUT2D eigenvalue weighted by atomic mass is 10.3. The molecule has 2 aromatic rings. The van der Waals surface area contributed by atoms with Gasteiger partial charge in [0.05, 0.1) is 24.9 Å². The van der Waals surface area contributed by atoms with Crippen molar-refractivity contribution >= 4 is 17.5 Å². The van der Waals surface area contributed by atoms with Gasteiger partial charge in [-0.05, 0) is 6.07 Å². The summed E-state index contributed by atoms with van der Waals surface area (Å²) in [6.07, 6.45) is 5.87. The van der Waals surface area contributed by atoms with E-state index in [-0.39, 0.29) is 16.8 Å². The highest BCUT2D eigenvalue weighted by Crippen LogP contribution is 2.08. The van der Waals surface area contributed by atoms with Crippen LogP contribution in [0.1, 0.15) is 16.1 Å².